The van der Waals surface area contributed by atoms with Crippen LogP contribution in [0.2, 0.25) is 0 Å². The average Bonchev–Trinajstić information content (AvgIpc) is 2.79. The first-order valence-electron chi connectivity index (χ1n) is 9.86. The van der Waals surface area contributed by atoms with Gasteiger partial charge < -0.3 is 10.4 Å². The van der Waals surface area contributed by atoms with E-state index in [1.807, 2.05) is 48.7 Å². The van der Waals surface area contributed by atoms with Crippen LogP contribution < -0.4 is 10.0 Å². The summed E-state index contributed by atoms with van der Waals surface area (Å²) in [5, 5.41) is 11.5. The first-order chi connectivity index (χ1) is 16.4. The zero-order valence-corrected chi connectivity index (χ0v) is 18.9. The molecule has 0 amide bonds. The number of nitrogens with one attached hydrogen (secondary N) is 2. The fourth-order valence-electron chi connectivity index (χ4n) is 2.95. The van der Waals surface area contributed by atoms with E-state index in [4.69, 9.17) is 9.90 Å². The van der Waals surface area contributed by atoms with Crippen molar-refractivity contribution in [1.82, 2.24) is 9.97 Å². The highest BCUT2D eigenvalue weighted by atomic mass is 32.2. The van der Waals surface area contributed by atoms with E-state index < -0.39 is 22.2 Å². The Bertz CT molecular complexity index is 1430. The molecule has 182 valence electrons. The smallest absolute Gasteiger partial charge is 0.475 e. The summed E-state index contributed by atoms with van der Waals surface area (Å²) in [6.07, 6.45) is 1.36. The predicted octanol–water partition coefficient (Wildman–Crippen LogP) is 5.05. The van der Waals surface area contributed by atoms with Crippen LogP contribution in [0.5, 0.6) is 0 Å². The first kappa shape index (κ1) is 25.4. The zero-order valence-electron chi connectivity index (χ0n) is 18.1. The van der Waals surface area contributed by atoms with E-state index in [9.17, 15) is 21.6 Å². The van der Waals surface area contributed by atoms with E-state index in [-0.39, 0.29) is 0 Å². The molecule has 35 heavy (non-hydrogen) atoms. The van der Waals surface area contributed by atoms with Crippen LogP contribution in [0.15, 0.2) is 79.3 Å². The molecule has 0 radical (unpaired) electrons. The Labute approximate surface area is 198 Å². The number of carboxylic acids is 1. The number of anilines is 3. The van der Waals surface area contributed by atoms with Gasteiger partial charge in [-0.05, 0) is 48.0 Å². The second kappa shape index (κ2) is 10.4. The van der Waals surface area contributed by atoms with Crippen LogP contribution in [0.1, 0.15) is 0 Å². The number of nitrogens with zero attached hydrogens (tertiary/aromatic N) is 2. The molecule has 4 rings (SSSR count). The highest BCUT2D eigenvalue weighted by molar-refractivity contribution is 7.92. The van der Waals surface area contributed by atoms with Crippen molar-refractivity contribution in [2.75, 3.05) is 16.3 Å². The molecule has 4 aromatic rings. The summed E-state index contributed by atoms with van der Waals surface area (Å²) in [4.78, 5) is 17.6. The van der Waals surface area contributed by atoms with Gasteiger partial charge in [0.25, 0.3) is 0 Å². The van der Waals surface area contributed by atoms with Crippen LogP contribution in [0, 0.1) is 0 Å². The third-order valence-electron chi connectivity index (χ3n) is 4.43. The SMILES string of the molecule is CS(=O)(=O)Nc1ccc(-c2cnc3cccc(Nc4cccnc4)c3c2)cc1.O=C(O)C(F)(F)F. The summed E-state index contributed by atoms with van der Waals surface area (Å²) in [5.41, 5.74) is 5.14. The lowest BCUT2D eigenvalue weighted by Gasteiger charge is -2.11. The van der Waals surface area contributed by atoms with Crippen molar-refractivity contribution >= 4 is 44.0 Å². The Hall–Kier alpha value is -4.19. The maximum absolute atomic E-state index is 11.4. The van der Waals surface area contributed by atoms with Crippen LogP contribution in [-0.4, -0.2) is 41.9 Å². The highest BCUT2D eigenvalue weighted by Gasteiger charge is 2.38. The molecule has 0 aliphatic carbocycles. The van der Waals surface area contributed by atoms with Gasteiger partial charge in [-0.1, -0.05) is 18.2 Å². The highest BCUT2D eigenvalue weighted by Crippen LogP contribution is 2.30. The number of sulfonamides is 1. The van der Waals surface area contributed by atoms with Crippen molar-refractivity contribution in [3.05, 3.63) is 79.3 Å². The van der Waals surface area contributed by atoms with E-state index in [0.717, 1.165) is 39.7 Å². The van der Waals surface area contributed by atoms with Crippen molar-refractivity contribution in [1.29, 1.82) is 0 Å². The van der Waals surface area contributed by atoms with Crippen molar-refractivity contribution in [3.8, 4) is 11.1 Å². The lowest BCUT2D eigenvalue weighted by atomic mass is 10.0. The molecule has 0 saturated heterocycles. The molecule has 3 N–H and O–H groups in total. The van der Waals surface area contributed by atoms with Gasteiger partial charge in [0.2, 0.25) is 10.0 Å². The van der Waals surface area contributed by atoms with Crippen molar-refractivity contribution < 1.29 is 31.5 Å². The molecule has 2 aromatic heterocycles. The number of rotatable bonds is 5. The number of aliphatic carboxylic acids is 1. The summed E-state index contributed by atoms with van der Waals surface area (Å²) in [5.74, 6) is -2.76. The molecule has 2 heterocycles. The number of fused-ring (bicyclic) bond motifs is 1. The van der Waals surface area contributed by atoms with Crippen LogP contribution in [0.25, 0.3) is 22.0 Å². The van der Waals surface area contributed by atoms with Gasteiger partial charge in [0.15, 0.2) is 0 Å². The summed E-state index contributed by atoms with van der Waals surface area (Å²) in [6.45, 7) is 0. The Kier molecular flexibility index (Phi) is 7.55. The average molecular weight is 504 g/mol. The second-order valence-corrected chi connectivity index (χ2v) is 8.97. The van der Waals surface area contributed by atoms with Crippen molar-refractivity contribution in [2.24, 2.45) is 0 Å². The number of hydrogen-bond acceptors (Lipinski definition) is 6. The van der Waals surface area contributed by atoms with Gasteiger partial charge in [-0.15, -0.1) is 0 Å². The summed E-state index contributed by atoms with van der Waals surface area (Å²) in [6, 6.07) is 19.0. The minimum absolute atomic E-state index is 0.527. The topological polar surface area (TPSA) is 121 Å². The van der Waals surface area contributed by atoms with Crippen LogP contribution >= 0.6 is 0 Å². The molecule has 12 heteroatoms. The molecule has 0 atom stereocenters. The van der Waals surface area contributed by atoms with Crippen molar-refractivity contribution in [3.63, 3.8) is 0 Å². The Morgan fingerprint density at radius 1 is 0.943 bits per heavy atom. The van der Waals surface area contributed by atoms with E-state index in [1.54, 1.807) is 24.5 Å². The number of halogens is 3. The Morgan fingerprint density at radius 2 is 1.63 bits per heavy atom. The standard InChI is InChI=1S/C21H18N4O2S.C2HF3O2/c1-28(26,27)25-17-9-7-15(8-10-17)16-12-19-20(23-13-16)5-2-6-21(19)24-18-4-3-11-22-14-18;3-2(4,5)1(6)7/h2-14,24-25H,1H3;(H,6,7). The van der Waals surface area contributed by atoms with Gasteiger partial charge in [-0.3, -0.25) is 14.7 Å². The summed E-state index contributed by atoms with van der Waals surface area (Å²) in [7, 11) is -3.29. The fraction of sp³-hybridized carbons (Fsp3) is 0.0870. The van der Waals surface area contributed by atoms with Gasteiger partial charge in [-0.2, -0.15) is 13.2 Å². The molecule has 0 unspecified atom stereocenters. The molecule has 2 aromatic carbocycles. The summed E-state index contributed by atoms with van der Waals surface area (Å²) < 4.78 is 56.9. The largest absolute Gasteiger partial charge is 0.490 e. The minimum Gasteiger partial charge on any atom is -0.475 e. The lowest BCUT2D eigenvalue weighted by Crippen LogP contribution is -2.21. The molecule has 0 saturated carbocycles. The molecule has 0 bridgehead atoms. The van der Waals surface area contributed by atoms with E-state index in [1.165, 1.54) is 0 Å². The van der Waals surface area contributed by atoms with Crippen LogP contribution in [0.3, 0.4) is 0 Å². The van der Waals surface area contributed by atoms with Gasteiger partial charge in [0.1, 0.15) is 0 Å². The lowest BCUT2D eigenvalue weighted by molar-refractivity contribution is -0.192. The van der Waals surface area contributed by atoms with Gasteiger partial charge in [-0.25, -0.2) is 13.2 Å². The maximum atomic E-state index is 11.4. The maximum Gasteiger partial charge on any atom is 0.490 e. The molecular weight excluding hydrogens is 485 g/mol. The molecule has 0 spiro atoms. The number of pyridine rings is 2. The molecule has 8 nitrogen and oxygen atoms in total. The number of carbonyl (C=O) groups is 1. The molecule has 0 aliphatic heterocycles. The zero-order chi connectivity index (χ0) is 25.6. The van der Waals surface area contributed by atoms with Crippen molar-refractivity contribution in [2.45, 2.75) is 6.18 Å². The van der Waals surface area contributed by atoms with Crippen LogP contribution in [-0.2, 0) is 14.8 Å². The Balaban J connectivity index is 0.000000429. The summed E-state index contributed by atoms with van der Waals surface area (Å²) >= 11 is 0. The normalized spacial score (nSPS) is 11.3. The number of alkyl halides is 3. The Morgan fingerprint density at radius 3 is 2.20 bits per heavy atom. The van der Waals surface area contributed by atoms with Gasteiger partial charge in [0, 0.05) is 34.7 Å². The second-order valence-electron chi connectivity index (χ2n) is 7.22. The number of benzene rings is 2. The van der Waals surface area contributed by atoms with E-state index >= 15 is 0 Å². The third-order valence-corrected chi connectivity index (χ3v) is 5.04. The quantitative estimate of drug-likeness (QED) is 0.348. The third kappa shape index (κ3) is 7.40. The fourth-order valence-corrected chi connectivity index (χ4v) is 3.52. The first-order valence-corrected chi connectivity index (χ1v) is 11.8. The van der Waals surface area contributed by atoms with Gasteiger partial charge in [0.05, 0.1) is 23.7 Å². The predicted molar refractivity (Wildman–Crippen MR) is 127 cm³/mol. The number of aromatic nitrogens is 2. The molecular formula is C23H19F3N4O4S. The molecule has 0 aliphatic rings. The minimum atomic E-state index is -5.08. The van der Waals surface area contributed by atoms with E-state index in [0.29, 0.717) is 5.69 Å². The van der Waals surface area contributed by atoms with Gasteiger partial charge >= 0.3 is 12.1 Å². The van der Waals surface area contributed by atoms with Crippen LogP contribution in [0.4, 0.5) is 30.2 Å². The molecule has 0 fully saturated rings. The number of carboxylic acid groups (broad SMARTS) is 1. The number of hydrogen-bond donors (Lipinski definition) is 3. The monoisotopic (exact) mass is 504 g/mol. The van der Waals surface area contributed by atoms with E-state index in [2.05, 4.69) is 26.1 Å².